The Kier molecular flexibility index (Phi) is 6.29. The maximum Gasteiger partial charge on any atom is 0.238 e. The summed E-state index contributed by atoms with van der Waals surface area (Å²) in [5, 5.41) is 5.11. The monoisotopic (exact) mass is 333 g/mol. The molecule has 0 saturated heterocycles. The van der Waals surface area contributed by atoms with Gasteiger partial charge in [0.2, 0.25) is 10.0 Å². The summed E-state index contributed by atoms with van der Waals surface area (Å²) in [6.07, 6.45) is 0.954. The molecule has 0 radical (unpaired) electrons. The second kappa shape index (κ2) is 8.21. The van der Waals surface area contributed by atoms with Gasteiger partial charge in [-0.1, -0.05) is 42.5 Å². The van der Waals surface area contributed by atoms with Crippen LogP contribution < -0.4 is 10.9 Å². The van der Waals surface area contributed by atoms with Gasteiger partial charge in [-0.3, -0.25) is 4.90 Å². The van der Waals surface area contributed by atoms with Gasteiger partial charge in [-0.15, -0.1) is 0 Å². The number of nitrogens with zero attached hydrogens (tertiary/aromatic N) is 1. The fourth-order valence-corrected chi connectivity index (χ4v) is 2.94. The molecule has 2 aromatic carbocycles. The zero-order valence-corrected chi connectivity index (χ0v) is 13.9. The van der Waals surface area contributed by atoms with Crippen molar-refractivity contribution in [3.63, 3.8) is 0 Å². The van der Waals surface area contributed by atoms with Crippen molar-refractivity contribution < 1.29 is 8.42 Å². The van der Waals surface area contributed by atoms with E-state index < -0.39 is 10.0 Å². The molecule has 0 aromatic heterocycles. The lowest BCUT2D eigenvalue weighted by Crippen LogP contribution is -2.31. The van der Waals surface area contributed by atoms with Crippen LogP contribution in [-0.4, -0.2) is 33.0 Å². The van der Waals surface area contributed by atoms with Crippen molar-refractivity contribution in [1.29, 1.82) is 0 Å². The molecule has 0 spiro atoms. The molecule has 0 atom stereocenters. The van der Waals surface area contributed by atoms with Crippen molar-refractivity contribution >= 4 is 10.0 Å². The first-order valence-electron chi connectivity index (χ1n) is 7.57. The zero-order chi connectivity index (χ0) is 16.7. The minimum atomic E-state index is -3.64. The first-order chi connectivity index (χ1) is 11.0. The lowest BCUT2D eigenvalue weighted by atomic mass is 10.1. The lowest BCUT2D eigenvalue weighted by Gasteiger charge is -2.21. The molecule has 0 unspecified atom stereocenters. The number of benzene rings is 2. The zero-order valence-electron chi connectivity index (χ0n) is 13.1. The molecule has 23 heavy (non-hydrogen) atoms. The molecule has 5 nitrogen and oxygen atoms in total. The summed E-state index contributed by atoms with van der Waals surface area (Å²) in [7, 11) is -3.64. The van der Waals surface area contributed by atoms with Gasteiger partial charge >= 0.3 is 0 Å². The van der Waals surface area contributed by atoms with Crippen molar-refractivity contribution in [2.24, 2.45) is 10.9 Å². The number of hydrogen-bond acceptors (Lipinski definition) is 4. The van der Waals surface area contributed by atoms with Gasteiger partial charge in [0.05, 0.1) is 4.90 Å². The molecule has 0 heterocycles. The molecule has 124 valence electrons. The number of nitrogens with two attached hydrogens (primary N) is 2. The van der Waals surface area contributed by atoms with Crippen molar-refractivity contribution in [1.82, 2.24) is 4.90 Å². The standard InChI is InChI=1S/C17H23N3O2S/c18-11-13-20(12-10-15-4-2-1-3-5-15)14-16-6-8-17(9-7-16)23(19,21)22/h1-9H,10-14,18H2,(H2,19,21,22). The normalized spacial score (nSPS) is 11.8. The summed E-state index contributed by atoms with van der Waals surface area (Å²) in [6.45, 7) is 3.01. The van der Waals surface area contributed by atoms with Gasteiger partial charge in [0.15, 0.2) is 0 Å². The van der Waals surface area contributed by atoms with Crippen LogP contribution in [0.4, 0.5) is 0 Å². The minimum Gasteiger partial charge on any atom is -0.329 e. The number of primary sulfonamides is 1. The van der Waals surface area contributed by atoms with E-state index in [1.807, 2.05) is 18.2 Å². The molecule has 0 saturated carbocycles. The Morgan fingerprint density at radius 3 is 2.09 bits per heavy atom. The summed E-state index contributed by atoms with van der Waals surface area (Å²) in [6, 6.07) is 17.0. The van der Waals surface area contributed by atoms with Crippen LogP contribution >= 0.6 is 0 Å². The molecule has 0 aliphatic carbocycles. The molecule has 0 bridgehead atoms. The van der Waals surface area contributed by atoms with E-state index in [9.17, 15) is 8.42 Å². The van der Waals surface area contributed by atoms with E-state index >= 15 is 0 Å². The van der Waals surface area contributed by atoms with E-state index in [0.29, 0.717) is 6.54 Å². The second-order valence-corrected chi connectivity index (χ2v) is 7.05. The van der Waals surface area contributed by atoms with Gasteiger partial charge in [-0.2, -0.15) is 0 Å². The maximum absolute atomic E-state index is 11.3. The molecule has 4 N–H and O–H groups in total. The Labute approximate surface area is 138 Å². The van der Waals surface area contributed by atoms with Crippen LogP contribution in [-0.2, 0) is 23.0 Å². The highest BCUT2D eigenvalue weighted by Gasteiger charge is 2.09. The van der Waals surface area contributed by atoms with Gasteiger partial charge in [-0.05, 0) is 29.7 Å². The van der Waals surface area contributed by atoms with E-state index in [2.05, 4.69) is 17.0 Å². The predicted molar refractivity (Wildman–Crippen MR) is 92.3 cm³/mol. The van der Waals surface area contributed by atoms with E-state index in [1.54, 1.807) is 24.3 Å². The molecule has 0 aliphatic heterocycles. The number of rotatable bonds is 8. The third kappa shape index (κ3) is 5.76. The lowest BCUT2D eigenvalue weighted by molar-refractivity contribution is 0.276. The summed E-state index contributed by atoms with van der Waals surface area (Å²) in [5.74, 6) is 0. The van der Waals surface area contributed by atoms with E-state index in [0.717, 1.165) is 31.6 Å². The molecular formula is C17H23N3O2S. The number of hydrogen-bond donors (Lipinski definition) is 2. The number of sulfonamides is 1. The highest BCUT2D eigenvalue weighted by Crippen LogP contribution is 2.11. The van der Waals surface area contributed by atoms with Gasteiger partial charge in [-0.25, -0.2) is 13.6 Å². The van der Waals surface area contributed by atoms with Crippen LogP contribution in [0.15, 0.2) is 59.5 Å². The maximum atomic E-state index is 11.3. The quantitative estimate of drug-likeness (QED) is 0.763. The fourth-order valence-electron chi connectivity index (χ4n) is 2.43. The van der Waals surface area contributed by atoms with E-state index in [4.69, 9.17) is 10.9 Å². The first-order valence-corrected chi connectivity index (χ1v) is 9.12. The molecule has 2 rings (SSSR count). The molecular weight excluding hydrogens is 310 g/mol. The average molecular weight is 333 g/mol. The predicted octanol–water partition coefficient (Wildman–Crippen LogP) is 1.34. The van der Waals surface area contributed by atoms with Crippen LogP contribution in [0.3, 0.4) is 0 Å². The molecule has 2 aromatic rings. The van der Waals surface area contributed by atoms with E-state index in [1.165, 1.54) is 5.56 Å². The van der Waals surface area contributed by atoms with Crippen LogP contribution in [0.5, 0.6) is 0 Å². The third-order valence-corrected chi connectivity index (χ3v) is 4.59. The Hall–Kier alpha value is -1.73. The van der Waals surface area contributed by atoms with Crippen LogP contribution in [0.1, 0.15) is 11.1 Å². The summed E-state index contributed by atoms with van der Waals surface area (Å²) < 4.78 is 22.6. The molecule has 0 aliphatic rings. The molecule has 6 heteroatoms. The fraction of sp³-hybridized carbons (Fsp3) is 0.294. The van der Waals surface area contributed by atoms with Crippen LogP contribution in [0.2, 0.25) is 0 Å². The van der Waals surface area contributed by atoms with Crippen molar-refractivity contribution in [2.75, 3.05) is 19.6 Å². The Balaban J connectivity index is 1.98. The largest absolute Gasteiger partial charge is 0.329 e. The van der Waals surface area contributed by atoms with Gasteiger partial charge in [0, 0.05) is 26.2 Å². The average Bonchev–Trinajstić information content (AvgIpc) is 2.53. The highest BCUT2D eigenvalue weighted by atomic mass is 32.2. The summed E-state index contributed by atoms with van der Waals surface area (Å²) >= 11 is 0. The SMILES string of the molecule is NCCN(CCc1ccccc1)Cc1ccc(S(N)(=O)=O)cc1. The van der Waals surface area contributed by atoms with Crippen molar-refractivity contribution in [3.8, 4) is 0 Å². The smallest absolute Gasteiger partial charge is 0.238 e. The van der Waals surface area contributed by atoms with Crippen molar-refractivity contribution in [2.45, 2.75) is 17.9 Å². The van der Waals surface area contributed by atoms with Gasteiger partial charge < -0.3 is 5.73 Å². The first kappa shape index (κ1) is 17.6. The summed E-state index contributed by atoms with van der Waals surface area (Å²) in [5.41, 5.74) is 8.03. The van der Waals surface area contributed by atoms with Crippen LogP contribution in [0.25, 0.3) is 0 Å². The Bertz CT molecular complexity index is 700. The third-order valence-electron chi connectivity index (χ3n) is 3.66. The van der Waals surface area contributed by atoms with Crippen LogP contribution in [0, 0.1) is 0 Å². The molecule has 0 fully saturated rings. The van der Waals surface area contributed by atoms with Crippen molar-refractivity contribution in [3.05, 3.63) is 65.7 Å². The van der Waals surface area contributed by atoms with Gasteiger partial charge in [0.25, 0.3) is 0 Å². The second-order valence-electron chi connectivity index (χ2n) is 5.49. The van der Waals surface area contributed by atoms with Gasteiger partial charge in [0.1, 0.15) is 0 Å². The topological polar surface area (TPSA) is 89.4 Å². The Morgan fingerprint density at radius 1 is 0.870 bits per heavy atom. The van der Waals surface area contributed by atoms with E-state index in [-0.39, 0.29) is 4.90 Å². The highest BCUT2D eigenvalue weighted by molar-refractivity contribution is 7.89. The molecule has 0 amide bonds. The summed E-state index contributed by atoms with van der Waals surface area (Å²) in [4.78, 5) is 2.40. The Morgan fingerprint density at radius 2 is 1.52 bits per heavy atom. The minimum absolute atomic E-state index is 0.135.